The standard InChI is InChI=1S/C17H26N6.HI/c1-5-18-17(20-11-16-21-12-22-23(16)4)19-10-14(3)15-8-6-13(2)7-9-15;/h6-9,12,14H,5,10-11H2,1-4H3,(H2,18,19,20);1H. The van der Waals surface area contributed by atoms with E-state index in [4.69, 9.17) is 0 Å². The molecule has 0 saturated heterocycles. The van der Waals surface area contributed by atoms with Gasteiger partial charge in [0.15, 0.2) is 5.96 Å². The van der Waals surface area contributed by atoms with Crippen molar-refractivity contribution >= 4 is 29.9 Å². The molecular weight excluding hydrogens is 415 g/mol. The van der Waals surface area contributed by atoms with E-state index in [1.54, 1.807) is 11.0 Å². The summed E-state index contributed by atoms with van der Waals surface area (Å²) in [4.78, 5) is 8.76. The zero-order valence-electron chi connectivity index (χ0n) is 14.8. The first-order valence-electron chi connectivity index (χ1n) is 8.01. The second-order valence-corrected chi connectivity index (χ2v) is 5.69. The average Bonchev–Trinajstić information content (AvgIpc) is 2.95. The number of halogens is 1. The number of benzene rings is 1. The van der Waals surface area contributed by atoms with Gasteiger partial charge in [0.1, 0.15) is 18.7 Å². The molecule has 0 saturated carbocycles. The first-order valence-corrected chi connectivity index (χ1v) is 8.01. The third kappa shape index (κ3) is 6.10. The molecule has 6 nitrogen and oxygen atoms in total. The van der Waals surface area contributed by atoms with Crippen molar-refractivity contribution in [1.29, 1.82) is 0 Å². The Balaban J connectivity index is 0.00000288. The molecular formula is C17H27IN6. The van der Waals surface area contributed by atoms with E-state index < -0.39 is 0 Å². The molecule has 0 aliphatic carbocycles. The van der Waals surface area contributed by atoms with E-state index in [2.05, 4.69) is 70.7 Å². The van der Waals surface area contributed by atoms with Crippen LogP contribution < -0.4 is 10.6 Å². The molecule has 1 aromatic heterocycles. The van der Waals surface area contributed by atoms with Gasteiger partial charge in [-0.25, -0.2) is 9.98 Å². The predicted molar refractivity (Wildman–Crippen MR) is 109 cm³/mol. The van der Waals surface area contributed by atoms with Crippen molar-refractivity contribution < 1.29 is 0 Å². The number of hydrogen-bond donors (Lipinski definition) is 2. The highest BCUT2D eigenvalue weighted by atomic mass is 127. The maximum absolute atomic E-state index is 4.57. The van der Waals surface area contributed by atoms with Gasteiger partial charge in [-0.3, -0.25) is 4.68 Å². The van der Waals surface area contributed by atoms with Crippen molar-refractivity contribution in [2.45, 2.75) is 33.2 Å². The van der Waals surface area contributed by atoms with Crippen LogP contribution in [0.25, 0.3) is 0 Å². The second kappa shape index (κ2) is 10.3. The lowest BCUT2D eigenvalue weighted by molar-refractivity contribution is 0.683. The van der Waals surface area contributed by atoms with Crippen LogP contribution >= 0.6 is 24.0 Å². The summed E-state index contributed by atoms with van der Waals surface area (Å²) in [5, 5.41) is 10.7. The zero-order chi connectivity index (χ0) is 16.7. The summed E-state index contributed by atoms with van der Waals surface area (Å²) in [7, 11) is 1.87. The number of hydrogen-bond acceptors (Lipinski definition) is 3. The van der Waals surface area contributed by atoms with Crippen LogP contribution in [0, 0.1) is 6.92 Å². The normalized spacial score (nSPS) is 12.4. The number of aliphatic imine (C=N–C) groups is 1. The maximum atomic E-state index is 4.57. The van der Waals surface area contributed by atoms with Gasteiger partial charge < -0.3 is 10.6 Å². The van der Waals surface area contributed by atoms with Crippen molar-refractivity contribution in [1.82, 2.24) is 25.4 Å². The Labute approximate surface area is 161 Å². The summed E-state index contributed by atoms with van der Waals surface area (Å²) in [6.07, 6.45) is 1.55. The summed E-state index contributed by atoms with van der Waals surface area (Å²) >= 11 is 0. The van der Waals surface area contributed by atoms with E-state index in [-0.39, 0.29) is 24.0 Å². The summed E-state index contributed by atoms with van der Waals surface area (Å²) in [6.45, 7) is 8.53. The largest absolute Gasteiger partial charge is 0.357 e. The summed E-state index contributed by atoms with van der Waals surface area (Å²) in [5.74, 6) is 2.05. The minimum absolute atomic E-state index is 0. The van der Waals surface area contributed by atoms with Gasteiger partial charge in [-0.05, 0) is 25.3 Å². The van der Waals surface area contributed by atoms with Crippen molar-refractivity contribution in [2.75, 3.05) is 13.1 Å². The Hall–Kier alpha value is -1.64. The van der Waals surface area contributed by atoms with Crippen molar-refractivity contribution in [3.63, 3.8) is 0 Å². The molecule has 1 heterocycles. The zero-order valence-corrected chi connectivity index (χ0v) is 17.1. The molecule has 0 aliphatic rings. The number of guanidine groups is 1. The lowest BCUT2D eigenvalue weighted by Gasteiger charge is -2.16. The second-order valence-electron chi connectivity index (χ2n) is 5.69. The van der Waals surface area contributed by atoms with Crippen LogP contribution in [0.4, 0.5) is 0 Å². The van der Waals surface area contributed by atoms with E-state index in [9.17, 15) is 0 Å². The Morgan fingerprint density at radius 2 is 1.96 bits per heavy atom. The van der Waals surface area contributed by atoms with Gasteiger partial charge in [-0.1, -0.05) is 36.8 Å². The monoisotopic (exact) mass is 442 g/mol. The summed E-state index contributed by atoms with van der Waals surface area (Å²) in [6, 6.07) is 8.68. The number of aromatic nitrogens is 3. The summed E-state index contributed by atoms with van der Waals surface area (Å²) in [5.41, 5.74) is 2.61. The van der Waals surface area contributed by atoms with Gasteiger partial charge in [0.05, 0.1) is 0 Å². The molecule has 0 amide bonds. The molecule has 24 heavy (non-hydrogen) atoms. The van der Waals surface area contributed by atoms with Crippen LogP contribution in [0.5, 0.6) is 0 Å². The molecule has 132 valence electrons. The van der Waals surface area contributed by atoms with Gasteiger partial charge >= 0.3 is 0 Å². The van der Waals surface area contributed by atoms with Crippen molar-refractivity contribution in [3.8, 4) is 0 Å². The molecule has 7 heteroatoms. The van der Waals surface area contributed by atoms with E-state index in [0.29, 0.717) is 12.5 Å². The van der Waals surface area contributed by atoms with E-state index in [1.807, 2.05) is 7.05 Å². The SMILES string of the molecule is CCNC(=NCc1ncnn1C)NCC(C)c1ccc(C)cc1.I. The van der Waals surface area contributed by atoms with E-state index in [0.717, 1.165) is 24.9 Å². The molecule has 2 rings (SSSR count). The molecule has 2 aromatic rings. The van der Waals surface area contributed by atoms with Crippen LogP contribution in [-0.4, -0.2) is 33.8 Å². The van der Waals surface area contributed by atoms with Crippen LogP contribution in [0.2, 0.25) is 0 Å². The Bertz CT molecular complexity index is 635. The fraction of sp³-hybridized carbons (Fsp3) is 0.471. The number of nitrogens with zero attached hydrogens (tertiary/aromatic N) is 4. The molecule has 0 bridgehead atoms. The van der Waals surface area contributed by atoms with Crippen molar-refractivity contribution in [2.24, 2.45) is 12.0 Å². The summed E-state index contributed by atoms with van der Waals surface area (Å²) < 4.78 is 1.74. The number of rotatable bonds is 6. The quantitative estimate of drug-likeness (QED) is 0.410. The molecule has 0 spiro atoms. The van der Waals surface area contributed by atoms with E-state index >= 15 is 0 Å². The first-order chi connectivity index (χ1) is 11.1. The van der Waals surface area contributed by atoms with Gasteiger partial charge in [-0.2, -0.15) is 5.10 Å². The van der Waals surface area contributed by atoms with Crippen LogP contribution in [-0.2, 0) is 13.6 Å². The molecule has 0 radical (unpaired) electrons. The molecule has 1 atom stereocenters. The lowest BCUT2D eigenvalue weighted by atomic mass is 10.0. The highest BCUT2D eigenvalue weighted by Gasteiger charge is 2.07. The first kappa shape index (κ1) is 20.4. The van der Waals surface area contributed by atoms with Gasteiger partial charge in [0, 0.05) is 20.1 Å². The van der Waals surface area contributed by atoms with Gasteiger partial charge in [-0.15, -0.1) is 24.0 Å². The van der Waals surface area contributed by atoms with Crippen LogP contribution in [0.3, 0.4) is 0 Å². The highest BCUT2D eigenvalue weighted by Crippen LogP contribution is 2.14. The third-order valence-electron chi connectivity index (χ3n) is 3.75. The van der Waals surface area contributed by atoms with Crippen LogP contribution in [0.1, 0.15) is 36.7 Å². The fourth-order valence-corrected chi connectivity index (χ4v) is 2.22. The number of aryl methyl sites for hydroxylation is 2. The number of nitrogens with one attached hydrogen (secondary N) is 2. The molecule has 1 aromatic carbocycles. The Kier molecular flexibility index (Phi) is 8.73. The Morgan fingerprint density at radius 1 is 1.25 bits per heavy atom. The minimum atomic E-state index is 0. The average molecular weight is 442 g/mol. The lowest BCUT2D eigenvalue weighted by Crippen LogP contribution is -2.39. The molecule has 0 fully saturated rings. The fourth-order valence-electron chi connectivity index (χ4n) is 2.22. The topological polar surface area (TPSA) is 67.1 Å². The Morgan fingerprint density at radius 3 is 2.54 bits per heavy atom. The maximum Gasteiger partial charge on any atom is 0.191 e. The van der Waals surface area contributed by atoms with Gasteiger partial charge in [0.25, 0.3) is 0 Å². The van der Waals surface area contributed by atoms with Crippen LogP contribution in [0.15, 0.2) is 35.6 Å². The molecule has 0 aliphatic heterocycles. The minimum Gasteiger partial charge on any atom is -0.357 e. The molecule has 2 N–H and O–H groups in total. The van der Waals surface area contributed by atoms with Crippen molar-refractivity contribution in [3.05, 3.63) is 47.5 Å². The highest BCUT2D eigenvalue weighted by molar-refractivity contribution is 14.0. The smallest absolute Gasteiger partial charge is 0.191 e. The van der Waals surface area contributed by atoms with Gasteiger partial charge in [0.2, 0.25) is 0 Å². The van der Waals surface area contributed by atoms with E-state index in [1.165, 1.54) is 11.1 Å². The molecule has 1 unspecified atom stereocenters. The predicted octanol–water partition coefficient (Wildman–Crippen LogP) is 2.60. The third-order valence-corrected chi connectivity index (χ3v) is 3.75.